The lowest BCUT2D eigenvalue weighted by atomic mass is 10.1. The van der Waals surface area contributed by atoms with Gasteiger partial charge in [0.2, 0.25) is 5.89 Å². The summed E-state index contributed by atoms with van der Waals surface area (Å²) in [6.45, 7) is 7.97. The molecule has 0 aliphatic heterocycles. The number of hydrogen-bond acceptors (Lipinski definition) is 4. The maximum atomic E-state index is 12.0. The molecule has 0 aliphatic carbocycles. The van der Waals surface area contributed by atoms with Gasteiger partial charge in [-0.15, -0.1) is 0 Å². The van der Waals surface area contributed by atoms with Crippen LogP contribution in [0.5, 0.6) is 5.75 Å². The van der Waals surface area contributed by atoms with E-state index in [9.17, 15) is 9.90 Å². The molecule has 1 N–H and O–H groups in total. The van der Waals surface area contributed by atoms with Crippen LogP contribution in [0, 0.1) is 0 Å². The Labute approximate surface area is 210 Å². The van der Waals surface area contributed by atoms with Gasteiger partial charge in [0.05, 0.1) is 12.3 Å². The Kier molecular flexibility index (Phi) is 7.98. The molecule has 0 radical (unpaired) electrons. The summed E-state index contributed by atoms with van der Waals surface area (Å²) in [6, 6.07) is 18.4. The molecule has 0 fully saturated rings. The molecule has 2 aromatic carbocycles. The molecular weight excluding hydrogens is 452 g/mol. The van der Waals surface area contributed by atoms with Crippen molar-refractivity contribution in [3.8, 4) is 17.2 Å². The van der Waals surface area contributed by atoms with E-state index in [0.29, 0.717) is 31.1 Å². The number of nitrogens with zero attached hydrogens (tertiary/aromatic N) is 2. The Hall–Kier alpha value is -4.58. The number of benzene rings is 2. The molecule has 0 spiro atoms. The maximum absolute atomic E-state index is 12.0. The fraction of sp³-hybridized carbons (Fsp3) is 0.133. The van der Waals surface area contributed by atoms with Gasteiger partial charge in [0.15, 0.2) is 0 Å². The topological polar surface area (TPSA) is 77.5 Å². The van der Waals surface area contributed by atoms with Crippen molar-refractivity contribution in [1.82, 2.24) is 9.55 Å². The van der Waals surface area contributed by atoms with Gasteiger partial charge in [-0.25, -0.2) is 9.78 Å². The monoisotopic (exact) mass is 480 g/mol. The largest absolute Gasteiger partial charge is 0.493 e. The normalized spacial score (nSPS) is 12.2. The van der Waals surface area contributed by atoms with Crippen molar-refractivity contribution in [1.29, 1.82) is 0 Å². The molecule has 0 bridgehead atoms. The minimum atomic E-state index is -0.896. The summed E-state index contributed by atoms with van der Waals surface area (Å²) < 4.78 is 13.1. The summed E-state index contributed by atoms with van der Waals surface area (Å²) in [7, 11) is 0. The fourth-order valence-electron chi connectivity index (χ4n) is 3.86. The van der Waals surface area contributed by atoms with Gasteiger partial charge >= 0.3 is 5.97 Å². The number of rotatable bonds is 12. The highest BCUT2D eigenvalue weighted by Gasteiger charge is 2.20. The molecule has 0 saturated carbocycles. The third-order valence-electron chi connectivity index (χ3n) is 5.76. The summed E-state index contributed by atoms with van der Waals surface area (Å²) in [6.07, 6.45) is 11.5. The summed E-state index contributed by atoms with van der Waals surface area (Å²) in [4.78, 5) is 16.5. The Morgan fingerprint density at radius 3 is 2.58 bits per heavy atom. The number of allylic oxidation sites excluding steroid dienone is 4. The van der Waals surface area contributed by atoms with Gasteiger partial charge in [0.1, 0.15) is 18.1 Å². The Bertz CT molecular complexity index is 1350. The van der Waals surface area contributed by atoms with Gasteiger partial charge in [0.25, 0.3) is 0 Å². The van der Waals surface area contributed by atoms with E-state index < -0.39 is 12.0 Å². The zero-order valence-electron chi connectivity index (χ0n) is 19.9. The highest BCUT2D eigenvalue weighted by molar-refractivity contribution is 5.76. The van der Waals surface area contributed by atoms with Crippen molar-refractivity contribution in [2.75, 3.05) is 6.61 Å². The van der Waals surface area contributed by atoms with Crippen LogP contribution >= 0.6 is 0 Å². The summed E-state index contributed by atoms with van der Waals surface area (Å²) in [5, 5.41) is 9.84. The van der Waals surface area contributed by atoms with Crippen LogP contribution in [0.2, 0.25) is 0 Å². The molecule has 36 heavy (non-hydrogen) atoms. The molecule has 2 heterocycles. The summed E-state index contributed by atoms with van der Waals surface area (Å²) >= 11 is 0. The third kappa shape index (κ3) is 6.10. The standard InChI is InChI=1S/C30H28N2O4/c1-3-8-23(4-2)25-15-17-32(20-25)28(30(33)34)19-22-11-13-27(14-12-22)35-18-16-26-21-36-29(31-26)24-9-6-5-7-10-24/h3-15,17,20-21,28H,1-2,16,18-19H2,(H,33,34)/b23-8+. The molecule has 0 aliphatic rings. The second kappa shape index (κ2) is 11.7. The van der Waals surface area contributed by atoms with E-state index in [0.717, 1.165) is 28.0 Å². The van der Waals surface area contributed by atoms with Crippen LogP contribution in [0.25, 0.3) is 17.0 Å². The van der Waals surface area contributed by atoms with Crippen molar-refractivity contribution in [3.63, 3.8) is 0 Å². The average molecular weight is 481 g/mol. The highest BCUT2D eigenvalue weighted by atomic mass is 16.5. The van der Waals surface area contributed by atoms with Gasteiger partial charge in [-0.05, 0) is 47.0 Å². The van der Waals surface area contributed by atoms with Crippen molar-refractivity contribution in [2.24, 2.45) is 0 Å². The predicted molar refractivity (Wildman–Crippen MR) is 141 cm³/mol. The summed E-state index contributed by atoms with van der Waals surface area (Å²) in [5.41, 5.74) is 4.44. The van der Waals surface area contributed by atoms with Crippen LogP contribution in [-0.4, -0.2) is 27.2 Å². The number of aliphatic carboxylic acids is 1. The molecular formula is C30H28N2O4. The second-order valence-electron chi connectivity index (χ2n) is 8.22. The number of ether oxygens (including phenoxy) is 1. The summed E-state index contributed by atoms with van der Waals surface area (Å²) in [5.74, 6) is 0.411. The van der Waals surface area contributed by atoms with Crippen LogP contribution < -0.4 is 4.74 Å². The quantitative estimate of drug-likeness (QED) is 0.238. The van der Waals surface area contributed by atoms with Crippen LogP contribution in [0.15, 0.2) is 115 Å². The smallest absolute Gasteiger partial charge is 0.327 e. The number of oxazole rings is 1. The average Bonchev–Trinajstić information content (AvgIpc) is 3.57. The molecule has 182 valence electrons. The van der Waals surface area contributed by atoms with Crippen molar-refractivity contribution >= 4 is 11.5 Å². The van der Waals surface area contributed by atoms with Crippen LogP contribution in [-0.2, 0) is 17.6 Å². The van der Waals surface area contributed by atoms with Gasteiger partial charge in [0, 0.05) is 30.8 Å². The van der Waals surface area contributed by atoms with Gasteiger partial charge in [-0.1, -0.05) is 61.7 Å². The van der Waals surface area contributed by atoms with Gasteiger partial charge in [-0.3, -0.25) is 0 Å². The van der Waals surface area contributed by atoms with Crippen molar-refractivity contribution in [2.45, 2.75) is 18.9 Å². The zero-order valence-corrected chi connectivity index (χ0v) is 19.9. The second-order valence-corrected chi connectivity index (χ2v) is 8.22. The number of aromatic nitrogens is 2. The van der Waals surface area contributed by atoms with E-state index in [1.165, 1.54) is 0 Å². The van der Waals surface area contributed by atoms with Crippen molar-refractivity contribution < 1.29 is 19.1 Å². The zero-order chi connectivity index (χ0) is 25.3. The lowest BCUT2D eigenvalue weighted by Gasteiger charge is -2.15. The van der Waals surface area contributed by atoms with Crippen LogP contribution in [0.4, 0.5) is 0 Å². The maximum Gasteiger partial charge on any atom is 0.327 e. The minimum Gasteiger partial charge on any atom is -0.493 e. The molecule has 6 nitrogen and oxygen atoms in total. The first-order valence-corrected chi connectivity index (χ1v) is 11.6. The van der Waals surface area contributed by atoms with Gasteiger partial charge in [-0.2, -0.15) is 0 Å². The SMILES string of the molecule is C=C/C=C(\C=C)c1ccn(C(Cc2ccc(OCCc3coc(-c4ccccc4)n3)cc2)C(=O)O)c1. The molecule has 0 saturated heterocycles. The molecule has 6 heteroatoms. The number of carboxylic acids is 1. The predicted octanol–water partition coefficient (Wildman–Crippen LogP) is 6.39. The lowest BCUT2D eigenvalue weighted by molar-refractivity contribution is -0.140. The first-order valence-electron chi connectivity index (χ1n) is 11.6. The minimum absolute atomic E-state index is 0.347. The number of hydrogen-bond donors (Lipinski definition) is 1. The first-order chi connectivity index (χ1) is 17.6. The first kappa shape index (κ1) is 24.5. The lowest BCUT2D eigenvalue weighted by Crippen LogP contribution is -2.20. The molecule has 1 atom stereocenters. The third-order valence-corrected chi connectivity index (χ3v) is 5.76. The van der Waals surface area contributed by atoms with Crippen molar-refractivity contribution in [3.05, 3.63) is 128 Å². The van der Waals surface area contributed by atoms with E-state index >= 15 is 0 Å². The van der Waals surface area contributed by atoms with E-state index in [2.05, 4.69) is 18.1 Å². The number of carbonyl (C=O) groups is 1. The Morgan fingerprint density at radius 2 is 1.89 bits per heavy atom. The van der Waals surface area contributed by atoms with E-state index in [1.807, 2.05) is 72.9 Å². The molecule has 4 aromatic rings. The van der Waals surface area contributed by atoms with Crippen LogP contribution in [0.3, 0.4) is 0 Å². The van der Waals surface area contributed by atoms with E-state index in [4.69, 9.17) is 9.15 Å². The van der Waals surface area contributed by atoms with E-state index in [-0.39, 0.29) is 0 Å². The Morgan fingerprint density at radius 1 is 1.11 bits per heavy atom. The van der Waals surface area contributed by atoms with E-state index in [1.54, 1.807) is 29.2 Å². The molecule has 0 amide bonds. The molecule has 4 rings (SSSR count). The highest BCUT2D eigenvalue weighted by Crippen LogP contribution is 2.23. The number of carboxylic acid groups (broad SMARTS) is 1. The molecule has 2 aromatic heterocycles. The van der Waals surface area contributed by atoms with Crippen LogP contribution in [0.1, 0.15) is 22.9 Å². The fourth-order valence-corrected chi connectivity index (χ4v) is 3.86. The van der Waals surface area contributed by atoms with Gasteiger partial charge < -0.3 is 18.8 Å². The molecule has 1 unspecified atom stereocenters. The Balaban J connectivity index is 1.34.